The average Bonchev–Trinajstić information content (AvgIpc) is 2.29. The van der Waals surface area contributed by atoms with Crippen molar-refractivity contribution in [2.45, 2.75) is 45.1 Å². The third kappa shape index (κ3) is 4.63. The van der Waals surface area contributed by atoms with Crippen molar-refractivity contribution in [3.63, 3.8) is 0 Å². The number of nitrogens with one attached hydrogen (secondary N) is 1. The molecule has 1 heterocycles. The van der Waals surface area contributed by atoms with Crippen molar-refractivity contribution in [2.24, 2.45) is 0 Å². The smallest absolute Gasteiger partial charge is 0.0622 e. The molecule has 3 nitrogen and oxygen atoms in total. The summed E-state index contributed by atoms with van der Waals surface area (Å²) < 4.78 is 0. The van der Waals surface area contributed by atoms with Crippen LogP contribution < -0.4 is 5.32 Å². The van der Waals surface area contributed by atoms with E-state index in [4.69, 9.17) is 5.26 Å². The van der Waals surface area contributed by atoms with Crippen molar-refractivity contribution in [1.29, 1.82) is 5.26 Å². The van der Waals surface area contributed by atoms with Gasteiger partial charge >= 0.3 is 0 Å². The van der Waals surface area contributed by atoms with Crippen LogP contribution in [0.1, 0.15) is 39.0 Å². The molecule has 3 heteroatoms. The van der Waals surface area contributed by atoms with Gasteiger partial charge in [0.25, 0.3) is 0 Å². The molecule has 0 saturated carbocycles. The molecule has 1 rings (SSSR count). The lowest BCUT2D eigenvalue weighted by Gasteiger charge is -2.34. The van der Waals surface area contributed by atoms with Crippen molar-refractivity contribution in [3.8, 4) is 6.07 Å². The Bertz CT molecular complexity index is 192. The Morgan fingerprint density at radius 3 is 2.93 bits per heavy atom. The molecule has 0 aromatic carbocycles. The first kappa shape index (κ1) is 12.5. The molecular formula is C12H23N3. The van der Waals surface area contributed by atoms with E-state index in [1.54, 1.807) is 0 Å². The lowest BCUT2D eigenvalue weighted by Crippen LogP contribution is -2.46. The maximum absolute atomic E-state index is 8.54. The zero-order valence-corrected chi connectivity index (χ0v) is 9.84. The molecule has 1 N–H and O–H groups in total. The van der Waals surface area contributed by atoms with Crippen LogP contribution in [0.2, 0.25) is 0 Å². The number of piperidine rings is 1. The minimum absolute atomic E-state index is 0.695. The minimum atomic E-state index is 0.695. The van der Waals surface area contributed by atoms with Gasteiger partial charge in [0.05, 0.1) is 6.07 Å². The fourth-order valence-corrected chi connectivity index (χ4v) is 2.27. The van der Waals surface area contributed by atoms with E-state index in [1.165, 1.54) is 32.4 Å². The van der Waals surface area contributed by atoms with Crippen LogP contribution in [0.3, 0.4) is 0 Å². The number of unbranched alkanes of at least 4 members (excludes halogenated alkanes) is 1. The molecule has 86 valence electrons. The second kappa shape index (κ2) is 7.67. The number of hydrogen-bond donors (Lipinski definition) is 1. The van der Waals surface area contributed by atoms with E-state index in [1.807, 2.05) is 0 Å². The van der Waals surface area contributed by atoms with Gasteiger partial charge in [-0.15, -0.1) is 0 Å². The average molecular weight is 209 g/mol. The summed E-state index contributed by atoms with van der Waals surface area (Å²) in [6.45, 7) is 6.81. The molecule has 0 radical (unpaired) electrons. The maximum atomic E-state index is 8.54. The third-order valence-corrected chi connectivity index (χ3v) is 3.03. The number of rotatable bonds is 6. The molecule has 0 aromatic rings. The standard InChI is InChI=1S/C12H23N3/c1-2-9-15(10-4-3-7-13)12-6-5-8-14-11-12/h12,14H,2-6,8-11H2,1H3. The van der Waals surface area contributed by atoms with Gasteiger partial charge in [-0.3, -0.25) is 4.90 Å². The summed E-state index contributed by atoms with van der Waals surface area (Å²) in [5, 5.41) is 12.0. The number of nitriles is 1. The van der Waals surface area contributed by atoms with Crippen LogP contribution in [-0.2, 0) is 0 Å². The Hall–Kier alpha value is -0.590. The third-order valence-electron chi connectivity index (χ3n) is 3.03. The van der Waals surface area contributed by atoms with E-state index in [2.05, 4.69) is 23.2 Å². The zero-order valence-electron chi connectivity index (χ0n) is 9.84. The summed E-state index contributed by atoms with van der Waals surface area (Å²) >= 11 is 0. The molecule has 0 amide bonds. The second-order valence-electron chi connectivity index (χ2n) is 4.30. The first-order chi connectivity index (χ1) is 7.38. The van der Waals surface area contributed by atoms with E-state index < -0.39 is 0 Å². The first-order valence-electron chi connectivity index (χ1n) is 6.20. The first-order valence-corrected chi connectivity index (χ1v) is 6.20. The van der Waals surface area contributed by atoms with Crippen LogP contribution in [0.15, 0.2) is 0 Å². The largest absolute Gasteiger partial charge is 0.315 e. The SMILES string of the molecule is CCCN(CCCC#N)C1CCCNC1. The van der Waals surface area contributed by atoms with Gasteiger partial charge in [0, 0.05) is 19.0 Å². The molecule has 0 bridgehead atoms. The van der Waals surface area contributed by atoms with Gasteiger partial charge in [0.1, 0.15) is 0 Å². The highest BCUT2D eigenvalue weighted by molar-refractivity contribution is 4.79. The minimum Gasteiger partial charge on any atom is -0.315 e. The number of hydrogen-bond acceptors (Lipinski definition) is 3. The second-order valence-corrected chi connectivity index (χ2v) is 4.30. The van der Waals surface area contributed by atoms with E-state index in [9.17, 15) is 0 Å². The van der Waals surface area contributed by atoms with E-state index >= 15 is 0 Å². The van der Waals surface area contributed by atoms with Crippen molar-refractivity contribution >= 4 is 0 Å². The molecule has 1 fully saturated rings. The molecule has 1 aliphatic heterocycles. The predicted molar refractivity (Wildman–Crippen MR) is 62.6 cm³/mol. The molecule has 0 spiro atoms. The van der Waals surface area contributed by atoms with Crippen molar-refractivity contribution in [2.75, 3.05) is 26.2 Å². The number of nitrogens with zero attached hydrogens (tertiary/aromatic N) is 2. The van der Waals surface area contributed by atoms with Crippen LogP contribution in [0.4, 0.5) is 0 Å². The predicted octanol–water partition coefficient (Wildman–Crippen LogP) is 1.75. The summed E-state index contributed by atoms with van der Waals surface area (Å²) in [4.78, 5) is 2.56. The van der Waals surface area contributed by atoms with Crippen LogP contribution in [0, 0.1) is 11.3 Å². The lowest BCUT2D eigenvalue weighted by molar-refractivity contribution is 0.164. The van der Waals surface area contributed by atoms with Crippen molar-refractivity contribution in [1.82, 2.24) is 10.2 Å². The maximum Gasteiger partial charge on any atom is 0.0622 e. The van der Waals surface area contributed by atoms with Gasteiger partial charge < -0.3 is 5.32 Å². The Labute approximate surface area is 93.5 Å². The van der Waals surface area contributed by atoms with Crippen LogP contribution in [-0.4, -0.2) is 37.1 Å². The monoisotopic (exact) mass is 209 g/mol. The van der Waals surface area contributed by atoms with Crippen LogP contribution in [0.25, 0.3) is 0 Å². The van der Waals surface area contributed by atoms with Gasteiger partial charge in [-0.2, -0.15) is 5.26 Å². The van der Waals surface area contributed by atoms with Gasteiger partial charge in [-0.05, 0) is 45.3 Å². The normalized spacial score (nSPS) is 21.5. The summed E-state index contributed by atoms with van der Waals surface area (Å²) in [5.74, 6) is 0. The quantitative estimate of drug-likeness (QED) is 0.677. The van der Waals surface area contributed by atoms with Crippen LogP contribution in [0.5, 0.6) is 0 Å². The summed E-state index contributed by atoms with van der Waals surface area (Å²) in [7, 11) is 0. The lowest BCUT2D eigenvalue weighted by atomic mass is 10.1. The summed E-state index contributed by atoms with van der Waals surface area (Å²) in [6, 6.07) is 2.93. The van der Waals surface area contributed by atoms with Gasteiger partial charge in [-0.1, -0.05) is 6.92 Å². The summed E-state index contributed by atoms with van der Waals surface area (Å²) in [5.41, 5.74) is 0. The molecular weight excluding hydrogens is 186 g/mol. The molecule has 1 atom stereocenters. The molecule has 0 aliphatic carbocycles. The Morgan fingerprint density at radius 1 is 1.47 bits per heavy atom. The Morgan fingerprint density at radius 2 is 2.33 bits per heavy atom. The highest BCUT2D eigenvalue weighted by atomic mass is 15.2. The molecule has 1 saturated heterocycles. The van der Waals surface area contributed by atoms with Crippen molar-refractivity contribution < 1.29 is 0 Å². The Balaban J connectivity index is 2.30. The van der Waals surface area contributed by atoms with Gasteiger partial charge in [0.15, 0.2) is 0 Å². The van der Waals surface area contributed by atoms with Gasteiger partial charge in [0.2, 0.25) is 0 Å². The summed E-state index contributed by atoms with van der Waals surface area (Å²) in [6.07, 6.45) is 5.54. The van der Waals surface area contributed by atoms with E-state index in [0.717, 1.165) is 19.5 Å². The fourth-order valence-electron chi connectivity index (χ4n) is 2.27. The van der Waals surface area contributed by atoms with Crippen molar-refractivity contribution in [3.05, 3.63) is 0 Å². The molecule has 1 unspecified atom stereocenters. The fraction of sp³-hybridized carbons (Fsp3) is 0.917. The topological polar surface area (TPSA) is 39.1 Å². The zero-order chi connectivity index (χ0) is 10.9. The van der Waals surface area contributed by atoms with Crippen LogP contribution >= 0.6 is 0 Å². The Kier molecular flexibility index (Phi) is 6.38. The molecule has 1 aliphatic rings. The molecule has 15 heavy (non-hydrogen) atoms. The van der Waals surface area contributed by atoms with Gasteiger partial charge in [-0.25, -0.2) is 0 Å². The molecule has 0 aromatic heterocycles. The highest BCUT2D eigenvalue weighted by Gasteiger charge is 2.19. The van der Waals surface area contributed by atoms with E-state index in [-0.39, 0.29) is 0 Å². The van der Waals surface area contributed by atoms with E-state index in [0.29, 0.717) is 12.5 Å². The highest BCUT2D eigenvalue weighted by Crippen LogP contribution is 2.11.